The number of pyridine rings is 1. The maximum absolute atomic E-state index is 6.38. The summed E-state index contributed by atoms with van der Waals surface area (Å²) in [6.45, 7) is 14.6. The van der Waals surface area contributed by atoms with Crippen LogP contribution in [0, 0.1) is 5.92 Å². The summed E-state index contributed by atoms with van der Waals surface area (Å²) in [5.41, 5.74) is 6.42. The summed E-state index contributed by atoms with van der Waals surface area (Å²) in [7, 11) is -1.62. The molecule has 0 radical (unpaired) electrons. The molecule has 22 heavy (non-hydrogen) atoms. The lowest BCUT2D eigenvalue weighted by atomic mass is 9.98. The van der Waals surface area contributed by atoms with Crippen molar-refractivity contribution in [2.45, 2.75) is 51.7 Å². The predicted octanol–water partition coefficient (Wildman–Crippen LogP) is 3.90. The fraction of sp³-hybridized carbons (Fsp3) is 0.706. The highest BCUT2D eigenvalue weighted by molar-refractivity contribution is 6.74. The van der Waals surface area contributed by atoms with Crippen LogP contribution in [0.25, 0.3) is 0 Å². The molecule has 1 fully saturated rings. The van der Waals surface area contributed by atoms with Gasteiger partial charge in [-0.15, -0.1) is 0 Å². The number of hydrogen-bond donors (Lipinski definition) is 1. The van der Waals surface area contributed by atoms with Crippen molar-refractivity contribution in [1.29, 1.82) is 0 Å². The molecule has 2 N–H and O–H groups in total. The molecule has 0 unspecified atom stereocenters. The summed E-state index contributed by atoms with van der Waals surface area (Å²) >= 11 is 0. The molecule has 2 rings (SSSR count). The minimum absolute atomic E-state index is 0.293. The number of nitrogens with two attached hydrogens (primary N) is 1. The number of hydrogen-bond acceptors (Lipinski definition) is 4. The Morgan fingerprint density at radius 3 is 2.41 bits per heavy atom. The van der Waals surface area contributed by atoms with E-state index in [2.05, 4.69) is 43.7 Å². The van der Waals surface area contributed by atoms with Gasteiger partial charge in [-0.3, -0.25) is 0 Å². The van der Waals surface area contributed by atoms with Crippen molar-refractivity contribution < 1.29 is 4.43 Å². The van der Waals surface area contributed by atoms with Gasteiger partial charge >= 0.3 is 0 Å². The normalized spacial score (nSPS) is 17.8. The monoisotopic (exact) mass is 321 g/mol. The van der Waals surface area contributed by atoms with Crippen molar-refractivity contribution in [3.05, 3.63) is 18.3 Å². The largest absolute Gasteiger partial charge is 0.417 e. The van der Waals surface area contributed by atoms with E-state index in [0.29, 0.717) is 11.0 Å². The first kappa shape index (κ1) is 17.3. The molecule has 1 saturated heterocycles. The van der Waals surface area contributed by atoms with Crippen LogP contribution in [0.4, 0.5) is 11.5 Å². The second-order valence-corrected chi connectivity index (χ2v) is 12.8. The van der Waals surface area contributed by atoms with Gasteiger partial charge in [-0.2, -0.15) is 0 Å². The molecule has 1 aliphatic heterocycles. The highest BCUT2D eigenvalue weighted by atomic mass is 28.4. The van der Waals surface area contributed by atoms with E-state index >= 15 is 0 Å². The van der Waals surface area contributed by atoms with E-state index in [1.54, 1.807) is 6.20 Å². The van der Waals surface area contributed by atoms with E-state index in [1.165, 1.54) is 12.8 Å². The van der Waals surface area contributed by atoms with Crippen LogP contribution >= 0.6 is 0 Å². The lowest BCUT2D eigenvalue weighted by Gasteiger charge is -2.39. The summed E-state index contributed by atoms with van der Waals surface area (Å²) < 4.78 is 6.38. The Hall–Kier alpha value is -1.07. The Morgan fingerprint density at radius 1 is 1.27 bits per heavy atom. The highest BCUT2D eigenvalue weighted by Gasteiger charge is 2.37. The minimum Gasteiger partial charge on any atom is -0.417 e. The third kappa shape index (κ3) is 4.23. The molecule has 4 nitrogen and oxygen atoms in total. The molecule has 124 valence electrons. The fourth-order valence-electron chi connectivity index (χ4n) is 2.46. The Bertz CT molecular complexity index is 474. The molecule has 0 spiro atoms. The van der Waals surface area contributed by atoms with Crippen molar-refractivity contribution in [3.8, 4) is 0 Å². The molecule has 0 atom stereocenters. The van der Waals surface area contributed by atoms with Crippen molar-refractivity contribution >= 4 is 19.8 Å². The Kier molecular flexibility index (Phi) is 5.17. The van der Waals surface area contributed by atoms with Crippen LogP contribution in [0.1, 0.15) is 33.6 Å². The molecule has 2 heterocycles. The summed E-state index contributed by atoms with van der Waals surface area (Å²) in [5.74, 6) is 1.72. The summed E-state index contributed by atoms with van der Waals surface area (Å²) in [6.07, 6.45) is 4.10. The number of anilines is 2. The summed E-state index contributed by atoms with van der Waals surface area (Å²) in [5, 5.41) is 0.293. The standard InChI is InChI=1S/C17H31N3OSi/c1-17(2,3)22(4,5)21-13-14-8-10-20(11-9-14)16-7-6-15(18)12-19-16/h6-7,12,14H,8-11,13,18H2,1-5H3. The van der Waals surface area contributed by atoms with E-state index in [1.807, 2.05) is 12.1 Å². The van der Waals surface area contributed by atoms with Gasteiger partial charge in [0.2, 0.25) is 0 Å². The van der Waals surface area contributed by atoms with Gasteiger partial charge in [-0.05, 0) is 49.0 Å². The smallest absolute Gasteiger partial charge is 0.191 e. The first-order valence-corrected chi connectivity index (χ1v) is 11.2. The fourth-order valence-corrected chi connectivity index (χ4v) is 3.54. The molecular formula is C17H31N3OSi. The maximum Gasteiger partial charge on any atom is 0.191 e. The molecule has 0 bridgehead atoms. The lowest BCUT2D eigenvalue weighted by Crippen LogP contribution is -2.43. The van der Waals surface area contributed by atoms with Crippen LogP contribution in [0.2, 0.25) is 18.1 Å². The van der Waals surface area contributed by atoms with E-state index in [9.17, 15) is 0 Å². The summed E-state index contributed by atoms with van der Waals surface area (Å²) in [6, 6.07) is 3.94. The zero-order valence-electron chi connectivity index (χ0n) is 14.7. The minimum atomic E-state index is -1.62. The zero-order valence-corrected chi connectivity index (χ0v) is 15.7. The first-order valence-electron chi connectivity index (χ1n) is 8.29. The average Bonchev–Trinajstić information content (AvgIpc) is 2.45. The average molecular weight is 322 g/mol. The van der Waals surface area contributed by atoms with Gasteiger partial charge in [-0.1, -0.05) is 20.8 Å². The second-order valence-electron chi connectivity index (χ2n) is 7.95. The molecule has 1 aromatic heterocycles. The van der Waals surface area contributed by atoms with Gasteiger partial charge in [0.15, 0.2) is 8.32 Å². The van der Waals surface area contributed by atoms with Crippen LogP contribution in [0.15, 0.2) is 18.3 Å². The molecule has 0 aliphatic carbocycles. The van der Waals surface area contributed by atoms with Gasteiger partial charge in [0.05, 0.1) is 11.9 Å². The third-order valence-electron chi connectivity index (χ3n) is 5.20. The molecule has 0 saturated carbocycles. The molecule has 0 aromatic carbocycles. The van der Waals surface area contributed by atoms with Crippen LogP contribution in [-0.4, -0.2) is 33.0 Å². The lowest BCUT2D eigenvalue weighted by molar-refractivity contribution is 0.205. The number of nitrogens with zero attached hydrogens (tertiary/aromatic N) is 2. The molecular weight excluding hydrogens is 290 g/mol. The molecule has 5 heteroatoms. The van der Waals surface area contributed by atoms with Crippen LogP contribution in [0.3, 0.4) is 0 Å². The number of piperidine rings is 1. The predicted molar refractivity (Wildman–Crippen MR) is 96.7 cm³/mol. The quantitative estimate of drug-likeness (QED) is 0.855. The zero-order chi connectivity index (χ0) is 16.4. The molecule has 1 aliphatic rings. The maximum atomic E-state index is 6.38. The number of nitrogen functional groups attached to an aromatic ring is 1. The van der Waals surface area contributed by atoms with Crippen molar-refractivity contribution in [2.75, 3.05) is 30.3 Å². The first-order chi connectivity index (χ1) is 10.2. The van der Waals surface area contributed by atoms with Gasteiger partial charge in [0.1, 0.15) is 5.82 Å². The van der Waals surface area contributed by atoms with Crippen LogP contribution in [-0.2, 0) is 4.43 Å². The van der Waals surface area contributed by atoms with Crippen molar-refractivity contribution in [1.82, 2.24) is 4.98 Å². The Morgan fingerprint density at radius 2 is 1.91 bits per heavy atom. The van der Waals surface area contributed by atoms with Crippen LogP contribution in [0.5, 0.6) is 0 Å². The summed E-state index contributed by atoms with van der Waals surface area (Å²) in [4.78, 5) is 6.77. The second kappa shape index (κ2) is 6.58. The molecule has 0 amide bonds. The van der Waals surface area contributed by atoms with Gasteiger partial charge in [-0.25, -0.2) is 4.98 Å². The van der Waals surface area contributed by atoms with Gasteiger partial charge < -0.3 is 15.1 Å². The van der Waals surface area contributed by atoms with E-state index in [4.69, 9.17) is 10.2 Å². The van der Waals surface area contributed by atoms with Gasteiger partial charge in [0.25, 0.3) is 0 Å². The van der Waals surface area contributed by atoms with Crippen molar-refractivity contribution in [3.63, 3.8) is 0 Å². The Labute approximate surface area is 136 Å². The SMILES string of the molecule is CC(C)(C)[Si](C)(C)OCC1CCN(c2ccc(N)cn2)CC1. The third-order valence-corrected chi connectivity index (χ3v) is 9.70. The topological polar surface area (TPSA) is 51.4 Å². The highest BCUT2D eigenvalue weighted by Crippen LogP contribution is 2.37. The number of rotatable bonds is 4. The Balaban J connectivity index is 1.81. The van der Waals surface area contributed by atoms with Crippen LogP contribution < -0.4 is 10.6 Å². The van der Waals surface area contributed by atoms with Gasteiger partial charge in [0, 0.05) is 19.7 Å². The van der Waals surface area contributed by atoms with E-state index in [-0.39, 0.29) is 0 Å². The molecule has 1 aromatic rings. The van der Waals surface area contributed by atoms with E-state index < -0.39 is 8.32 Å². The van der Waals surface area contributed by atoms with Crippen molar-refractivity contribution in [2.24, 2.45) is 5.92 Å². The number of aromatic nitrogens is 1. The van der Waals surface area contributed by atoms with E-state index in [0.717, 1.165) is 31.2 Å².